The lowest BCUT2D eigenvalue weighted by Gasteiger charge is -2.58. The number of rotatable bonds is 62. The van der Waals surface area contributed by atoms with Gasteiger partial charge >= 0.3 is 24.0 Å². The lowest BCUT2D eigenvalue weighted by Crippen LogP contribution is -2.51. The lowest BCUT2D eigenvalue weighted by atomic mass is 9.47. The molecule has 850 valence electrons. The number of hydrogen-bond donors (Lipinski definition) is 4. The second-order valence-electron chi connectivity index (χ2n) is 50.4. The Morgan fingerprint density at radius 3 is 0.980 bits per heavy atom. The number of hydrogen-bond acceptors (Lipinski definition) is 21. The Balaban J connectivity index is 0.000000226. The number of ether oxygens (including phenoxy) is 15. The highest BCUT2D eigenvalue weighted by molar-refractivity contribution is 9.09. The highest BCUT2D eigenvalue weighted by Crippen LogP contribution is 2.71. The Hall–Kier alpha value is -3.67. The van der Waals surface area contributed by atoms with Gasteiger partial charge in [-0.3, -0.25) is 19.2 Å². The highest BCUT2D eigenvalue weighted by atomic mass is 79.9. The molecule has 4 N–H and O–H groups in total. The van der Waals surface area contributed by atoms with Crippen LogP contribution in [-0.4, -0.2) is 241 Å². The van der Waals surface area contributed by atoms with Crippen molar-refractivity contribution in [1.82, 2.24) is 10.6 Å². The number of nitrogens with one attached hydrogen (secondary N) is 2. The average Bonchev–Trinajstić information content (AvgIpc) is 1.64. The second kappa shape index (κ2) is 64.9. The van der Waals surface area contributed by atoms with Gasteiger partial charge in [-0.05, 0) is 307 Å². The Morgan fingerprint density at radius 1 is 0.367 bits per heavy atom. The lowest BCUT2D eigenvalue weighted by molar-refractivity contribution is -0.153. The van der Waals surface area contributed by atoms with Crippen molar-refractivity contribution in [2.24, 2.45) is 139 Å². The molecule has 24 atom stereocenters. The number of carbonyl (C=O) groups is 5. The second-order valence-corrected chi connectivity index (χ2v) is 50.9. The maximum atomic E-state index is 12.7. The zero-order chi connectivity index (χ0) is 107. The van der Waals surface area contributed by atoms with Crippen LogP contribution < -0.4 is 10.6 Å². The van der Waals surface area contributed by atoms with E-state index in [-0.39, 0.29) is 66.4 Å². The fraction of sp³-hybridized carbons (Fsp3) is 0.910. The van der Waals surface area contributed by atoms with E-state index in [0.717, 1.165) is 171 Å². The predicted molar refractivity (Wildman–Crippen MR) is 588 cm³/mol. The molecule has 2 amide bonds. The minimum absolute atomic E-state index is 0.00357. The molecule has 12 aliphatic carbocycles. The van der Waals surface area contributed by atoms with Gasteiger partial charge in [0.1, 0.15) is 17.8 Å². The number of aliphatic carboxylic acids is 1. The molecule has 24 nitrogen and oxygen atoms in total. The standard InChI is InChI=1S/C40H68BrNO7.C39H68O6.C27H46O.C16H31NO8/c1-29(2)7-6-8-30(3)34-11-12-35-33-10-9-31-27-32(13-16-39(31,4)36(33)14-17-40(34,35)5)49-38(44)15-19-45-21-23-47-25-26-48-24-22-46-20-18-42-37(43)28-41;1-7-20-41-22-24-43-26-27-44-25-23-42-21-17-37(40)45-32-15-18-38(5)31(28-32)11-12-33-35-14-13-34(30(4)10-8-9-29(2)3)39(35,6)19-16-36(33)38;1-18(2)7-6-8-19(3)23-11-12-24-22-10-9-20-17-21(28)13-15-26(20,4)25(22)14-16-27(23,24)5;1-16(2,3)25-15(20)17-5-7-22-9-11-24-13-12-23-10-8-21-6-4-14(18)19/h9,29-30,32-36H,6-8,10-28H2,1-5H3,(H,42,43);11,29-30,32-36H,7-10,12-28H2,1-6H3;9,18-19,21-25,28H,6-8,10-17H2,1-5H3;4-13H2,1-3H3,(H,17,20)(H,18,19). The van der Waals surface area contributed by atoms with Crippen LogP contribution in [0.15, 0.2) is 34.9 Å². The van der Waals surface area contributed by atoms with Crippen LogP contribution in [0.5, 0.6) is 0 Å². The van der Waals surface area contributed by atoms with Gasteiger partial charge in [0.05, 0.1) is 183 Å². The third-order valence-electron chi connectivity index (χ3n) is 38.1. The summed E-state index contributed by atoms with van der Waals surface area (Å²) in [5.41, 5.74) is 6.84. The number of esters is 2. The van der Waals surface area contributed by atoms with E-state index >= 15 is 0 Å². The summed E-state index contributed by atoms with van der Waals surface area (Å²) in [7, 11) is 0. The number of fused-ring (bicyclic) bond motifs is 15. The third kappa shape index (κ3) is 39.5. The van der Waals surface area contributed by atoms with E-state index in [4.69, 9.17) is 76.2 Å². The molecule has 0 heterocycles. The quantitative estimate of drug-likeness (QED) is 0.0145. The summed E-state index contributed by atoms with van der Waals surface area (Å²) >= 11 is 3.10. The summed E-state index contributed by atoms with van der Waals surface area (Å²) in [6.45, 7) is 57.1. The van der Waals surface area contributed by atoms with Crippen molar-refractivity contribution in [3.05, 3.63) is 34.9 Å². The minimum atomic E-state index is -0.878. The Morgan fingerprint density at radius 2 is 0.667 bits per heavy atom. The first kappa shape index (κ1) is 127. The normalized spacial score (nSPS) is 31.5. The van der Waals surface area contributed by atoms with Crippen molar-refractivity contribution in [2.45, 2.75) is 393 Å². The van der Waals surface area contributed by atoms with E-state index in [2.05, 4.69) is 156 Å². The third-order valence-corrected chi connectivity index (χ3v) is 38.6. The molecule has 25 heteroatoms. The van der Waals surface area contributed by atoms with Gasteiger partial charge in [-0.15, -0.1) is 0 Å². The van der Waals surface area contributed by atoms with Gasteiger partial charge in [0, 0.05) is 32.5 Å². The fourth-order valence-corrected chi connectivity index (χ4v) is 30.6. The first-order valence-corrected chi connectivity index (χ1v) is 60.6. The molecule has 0 bridgehead atoms. The molecule has 0 aliphatic heterocycles. The van der Waals surface area contributed by atoms with Crippen LogP contribution in [0.1, 0.15) is 369 Å². The molecule has 0 aromatic rings. The van der Waals surface area contributed by atoms with E-state index < -0.39 is 17.7 Å². The molecule has 12 aliphatic rings. The van der Waals surface area contributed by atoms with E-state index in [0.29, 0.717) is 192 Å². The number of carboxylic acids is 1. The Labute approximate surface area is 900 Å². The zero-order valence-electron chi connectivity index (χ0n) is 96.0. The van der Waals surface area contributed by atoms with E-state index in [1.807, 2.05) is 0 Å². The summed E-state index contributed by atoms with van der Waals surface area (Å²) in [5, 5.41) is 24.2. The van der Waals surface area contributed by atoms with E-state index in [1.54, 1.807) is 37.5 Å². The predicted octanol–water partition coefficient (Wildman–Crippen LogP) is 25.2. The van der Waals surface area contributed by atoms with Crippen LogP contribution in [0.4, 0.5) is 4.79 Å². The van der Waals surface area contributed by atoms with E-state index in [1.165, 1.54) is 161 Å². The molecule has 0 spiro atoms. The molecule has 0 saturated heterocycles. The molecule has 9 saturated carbocycles. The van der Waals surface area contributed by atoms with Crippen LogP contribution >= 0.6 is 15.9 Å². The summed E-state index contributed by atoms with van der Waals surface area (Å²) in [5.74, 6) is 14.4. The number of alkyl carbamates (subject to hydrolysis) is 1. The molecule has 0 radical (unpaired) electrons. The number of amides is 2. The van der Waals surface area contributed by atoms with Gasteiger partial charge in [0.25, 0.3) is 0 Å². The molecule has 147 heavy (non-hydrogen) atoms. The van der Waals surface area contributed by atoms with E-state index in [9.17, 15) is 29.1 Å². The monoisotopic (exact) mass is 2140 g/mol. The minimum Gasteiger partial charge on any atom is -0.481 e. The fourth-order valence-electron chi connectivity index (χ4n) is 30.4. The van der Waals surface area contributed by atoms with Gasteiger partial charge in [0.2, 0.25) is 5.91 Å². The van der Waals surface area contributed by atoms with Gasteiger partial charge in [-0.25, -0.2) is 4.79 Å². The average molecular weight is 2140 g/mol. The van der Waals surface area contributed by atoms with Crippen LogP contribution in [0, 0.1) is 139 Å². The number of carbonyl (C=O) groups excluding carboxylic acids is 4. The highest BCUT2D eigenvalue weighted by Gasteiger charge is 2.63. The Bertz CT molecular complexity index is 3850. The SMILES string of the molecule is CC(C)(C)OC(=O)NCCOCCOCCOCCOCCC(=O)O.CC(C)CCCC(C)C1CCC2C3CC=C4CC(O)CCC4(C)C3CCC12C.CC(C)CCCC(C)C1CCC2C3CC=C4CC(OC(=O)CCOCCOCCOCCOCCNC(=O)CBr)CCC4(C)C3CCC12C.CCCOCCOCCOCCOCCC(=O)OC1CCC2(C)C(=CCC3C2CCC2(C)C(C(C)CCCC(C)C)CCC32)C1. The van der Waals surface area contributed by atoms with Crippen molar-refractivity contribution in [3.63, 3.8) is 0 Å². The zero-order valence-corrected chi connectivity index (χ0v) is 97.6. The first-order chi connectivity index (χ1) is 70.3. The number of aliphatic hydroxyl groups is 1. The van der Waals surface area contributed by atoms with Crippen LogP contribution in [0.2, 0.25) is 0 Å². The molecule has 24 unspecified atom stereocenters. The van der Waals surface area contributed by atoms with Crippen molar-refractivity contribution in [2.75, 3.05) is 177 Å². The number of allylic oxidation sites excluding steroid dienone is 3. The molecule has 12 rings (SSSR count). The summed E-state index contributed by atoms with van der Waals surface area (Å²) in [4.78, 5) is 58.0. The summed E-state index contributed by atoms with van der Waals surface area (Å²) in [6.07, 6.45) is 51.7. The van der Waals surface area contributed by atoms with Crippen molar-refractivity contribution >= 4 is 45.8 Å². The smallest absolute Gasteiger partial charge is 0.407 e. The maximum absolute atomic E-state index is 12.7. The largest absolute Gasteiger partial charge is 0.481 e. The van der Waals surface area contributed by atoms with Gasteiger partial charge in [-0.2, -0.15) is 0 Å². The van der Waals surface area contributed by atoms with Crippen molar-refractivity contribution in [1.29, 1.82) is 0 Å². The Kier molecular flexibility index (Phi) is 56.0. The molecule has 0 aromatic heterocycles. The number of alkyl halides is 1. The summed E-state index contributed by atoms with van der Waals surface area (Å²) < 4.78 is 82.0. The van der Waals surface area contributed by atoms with Gasteiger partial charge < -0.3 is 91.9 Å². The first-order valence-electron chi connectivity index (χ1n) is 59.4. The number of halogens is 1. The number of aliphatic hydroxyl groups excluding tert-OH is 1. The van der Waals surface area contributed by atoms with Crippen molar-refractivity contribution in [3.8, 4) is 0 Å². The van der Waals surface area contributed by atoms with Gasteiger partial charge in [-0.1, -0.05) is 219 Å². The maximum Gasteiger partial charge on any atom is 0.407 e. The molecule has 0 aromatic carbocycles. The molecular formula is C122H213BrN2O22. The molecule has 9 fully saturated rings. The van der Waals surface area contributed by atoms with Gasteiger partial charge in [0.15, 0.2) is 0 Å². The van der Waals surface area contributed by atoms with Crippen LogP contribution in [0.3, 0.4) is 0 Å². The topological polar surface area (TPSA) is 288 Å². The summed E-state index contributed by atoms with van der Waals surface area (Å²) in [6, 6.07) is 0. The van der Waals surface area contributed by atoms with Crippen LogP contribution in [-0.2, 0) is 90.2 Å². The number of carboxylic acid groups (broad SMARTS) is 1. The van der Waals surface area contributed by atoms with Crippen LogP contribution in [0.25, 0.3) is 0 Å². The van der Waals surface area contributed by atoms with Crippen molar-refractivity contribution < 1.29 is 105 Å². The molecular weight excluding hydrogens is 1930 g/mol.